The molecule has 2 heterocycles. The van der Waals surface area contributed by atoms with Gasteiger partial charge in [-0.05, 0) is 12.0 Å². The Hall–Kier alpha value is -1.16. The first-order valence-corrected chi connectivity index (χ1v) is 7.65. The summed E-state index contributed by atoms with van der Waals surface area (Å²) in [5, 5.41) is 0. The molecule has 3 atom stereocenters. The largest absolute Gasteiger partial charge is 0.381 e. The Bertz CT molecular complexity index is 486. The lowest BCUT2D eigenvalue weighted by atomic mass is 9.78. The van der Waals surface area contributed by atoms with Crippen molar-refractivity contribution in [3.05, 3.63) is 48.6 Å². The van der Waals surface area contributed by atoms with Gasteiger partial charge in [-0.2, -0.15) is 0 Å². The summed E-state index contributed by atoms with van der Waals surface area (Å²) < 4.78 is 18.2. The highest BCUT2D eigenvalue weighted by Gasteiger charge is 2.52. The van der Waals surface area contributed by atoms with Crippen LogP contribution < -0.4 is 0 Å². The predicted molar refractivity (Wildman–Crippen MR) is 82.4 cm³/mol. The van der Waals surface area contributed by atoms with Crippen LogP contribution in [0.15, 0.2) is 43.0 Å². The molecule has 2 aliphatic rings. The van der Waals surface area contributed by atoms with Gasteiger partial charge >= 0.3 is 0 Å². The molecule has 1 aromatic carbocycles. The molecule has 0 amide bonds. The van der Waals surface area contributed by atoms with Gasteiger partial charge in [0.05, 0.1) is 30.5 Å². The number of fused-ring (bicyclic) bond motifs is 2. The number of benzene rings is 1. The third kappa shape index (κ3) is 3.05. The first-order chi connectivity index (χ1) is 10.2. The molecule has 0 spiro atoms. The van der Waals surface area contributed by atoms with Crippen LogP contribution in [0.4, 0.5) is 0 Å². The maximum absolute atomic E-state index is 6.60. The molecule has 2 fully saturated rings. The van der Waals surface area contributed by atoms with Gasteiger partial charge in [-0.3, -0.25) is 0 Å². The molecule has 3 rings (SSSR count). The molecule has 0 radical (unpaired) electrons. The molecule has 1 aromatic rings. The molecule has 114 valence electrons. The Morgan fingerprint density at radius 3 is 2.67 bits per heavy atom. The molecule has 0 aliphatic carbocycles. The third-order valence-electron chi connectivity index (χ3n) is 4.58. The van der Waals surface area contributed by atoms with E-state index in [1.54, 1.807) is 7.11 Å². The van der Waals surface area contributed by atoms with E-state index in [1.807, 2.05) is 12.1 Å². The Balaban J connectivity index is 1.86. The minimum Gasteiger partial charge on any atom is -0.381 e. The first kappa shape index (κ1) is 14.8. The normalized spacial score (nSPS) is 35.4. The van der Waals surface area contributed by atoms with Gasteiger partial charge in [0.1, 0.15) is 0 Å². The quantitative estimate of drug-likeness (QED) is 0.779. The van der Waals surface area contributed by atoms with Crippen LogP contribution in [0.5, 0.6) is 0 Å². The van der Waals surface area contributed by atoms with Gasteiger partial charge in [-0.15, -0.1) is 6.58 Å². The van der Waals surface area contributed by atoms with E-state index < -0.39 is 0 Å². The van der Waals surface area contributed by atoms with Crippen LogP contribution in [0.25, 0.3) is 0 Å². The van der Waals surface area contributed by atoms with Crippen LogP contribution >= 0.6 is 0 Å². The van der Waals surface area contributed by atoms with E-state index >= 15 is 0 Å². The predicted octanol–water partition coefficient (Wildman–Crippen LogP) is 3.14. The molecular weight excluding hydrogens is 264 g/mol. The molecule has 2 saturated heterocycles. The average molecular weight is 288 g/mol. The average Bonchev–Trinajstić information content (AvgIpc) is 2.47. The van der Waals surface area contributed by atoms with Crippen LogP contribution in [0.3, 0.4) is 0 Å². The van der Waals surface area contributed by atoms with Crippen molar-refractivity contribution < 1.29 is 14.2 Å². The summed E-state index contributed by atoms with van der Waals surface area (Å²) in [6.45, 7) is 5.15. The number of methoxy groups -OCH3 is 1. The Morgan fingerprint density at radius 1 is 1.24 bits per heavy atom. The summed E-state index contributed by atoms with van der Waals surface area (Å²) in [4.78, 5) is 0. The van der Waals surface area contributed by atoms with Gasteiger partial charge in [0.2, 0.25) is 0 Å². The highest BCUT2D eigenvalue weighted by molar-refractivity contribution is 5.19. The maximum atomic E-state index is 6.60. The van der Waals surface area contributed by atoms with Crippen molar-refractivity contribution in [3.8, 4) is 0 Å². The summed E-state index contributed by atoms with van der Waals surface area (Å²) in [5.74, 6) is 0. The van der Waals surface area contributed by atoms with Crippen molar-refractivity contribution in [1.82, 2.24) is 0 Å². The second-order valence-corrected chi connectivity index (χ2v) is 6.38. The van der Waals surface area contributed by atoms with Crippen molar-refractivity contribution in [1.29, 1.82) is 0 Å². The zero-order valence-corrected chi connectivity index (χ0v) is 12.7. The summed E-state index contributed by atoms with van der Waals surface area (Å²) in [6.07, 6.45) is 5.60. The monoisotopic (exact) mass is 288 g/mol. The van der Waals surface area contributed by atoms with Crippen LogP contribution in [0, 0.1) is 0 Å². The maximum Gasteiger partial charge on any atom is 0.0988 e. The fourth-order valence-electron chi connectivity index (χ4n) is 3.79. The van der Waals surface area contributed by atoms with E-state index in [4.69, 9.17) is 14.2 Å². The standard InChI is InChI=1S/C18H24O3/c1-3-9-17-11-16(19-2)12-18(21-17,14-20-13-17)10-15-7-5-4-6-8-15/h3-8,16H,1,9-14H2,2H3/t16-,17+,18-/m1/s1. The van der Waals surface area contributed by atoms with Gasteiger partial charge in [0, 0.05) is 26.4 Å². The highest BCUT2D eigenvalue weighted by Crippen LogP contribution is 2.44. The summed E-state index contributed by atoms with van der Waals surface area (Å²) >= 11 is 0. The topological polar surface area (TPSA) is 27.7 Å². The smallest absolute Gasteiger partial charge is 0.0988 e. The number of hydrogen-bond acceptors (Lipinski definition) is 3. The van der Waals surface area contributed by atoms with Gasteiger partial charge in [0.25, 0.3) is 0 Å². The van der Waals surface area contributed by atoms with Crippen LogP contribution in [-0.4, -0.2) is 37.6 Å². The molecule has 0 unspecified atom stereocenters. The summed E-state index contributed by atoms with van der Waals surface area (Å²) in [7, 11) is 1.80. The minimum atomic E-state index is -0.276. The number of hydrogen-bond donors (Lipinski definition) is 0. The van der Waals surface area contributed by atoms with E-state index in [0.717, 1.165) is 25.7 Å². The van der Waals surface area contributed by atoms with E-state index in [0.29, 0.717) is 13.2 Å². The number of rotatable bonds is 5. The molecule has 21 heavy (non-hydrogen) atoms. The van der Waals surface area contributed by atoms with Crippen LogP contribution in [0.1, 0.15) is 24.8 Å². The fraction of sp³-hybridized carbons (Fsp3) is 0.556. The second kappa shape index (κ2) is 5.91. The Morgan fingerprint density at radius 2 is 1.95 bits per heavy atom. The summed E-state index contributed by atoms with van der Waals surface area (Å²) in [5.41, 5.74) is 0.738. The highest BCUT2D eigenvalue weighted by atomic mass is 16.6. The summed E-state index contributed by atoms with van der Waals surface area (Å²) in [6, 6.07) is 10.5. The van der Waals surface area contributed by atoms with E-state index in [2.05, 4.69) is 30.8 Å². The third-order valence-corrected chi connectivity index (χ3v) is 4.58. The molecule has 2 aliphatic heterocycles. The zero-order chi connectivity index (χ0) is 14.8. The van der Waals surface area contributed by atoms with Gasteiger partial charge in [-0.25, -0.2) is 0 Å². The van der Waals surface area contributed by atoms with Gasteiger partial charge < -0.3 is 14.2 Å². The van der Waals surface area contributed by atoms with Crippen molar-refractivity contribution >= 4 is 0 Å². The zero-order valence-electron chi connectivity index (χ0n) is 12.7. The lowest BCUT2D eigenvalue weighted by Crippen LogP contribution is -2.62. The van der Waals surface area contributed by atoms with Crippen molar-refractivity contribution in [2.24, 2.45) is 0 Å². The van der Waals surface area contributed by atoms with Crippen molar-refractivity contribution in [2.75, 3.05) is 20.3 Å². The van der Waals surface area contributed by atoms with E-state index in [1.165, 1.54) is 5.56 Å². The van der Waals surface area contributed by atoms with Gasteiger partial charge in [-0.1, -0.05) is 36.4 Å². The molecule has 2 bridgehead atoms. The second-order valence-electron chi connectivity index (χ2n) is 6.38. The lowest BCUT2D eigenvalue weighted by molar-refractivity contribution is -0.291. The molecular formula is C18H24O3. The molecule has 3 heteroatoms. The van der Waals surface area contributed by atoms with Crippen LogP contribution in [-0.2, 0) is 20.6 Å². The van der Waals surface area contributed by atoms with Gasteiger partial charge in [0.15, 0.2) is 0 Å². The number of ether oxygens (including phenoxy) is 3. The van der Waals surface area contributed by atoms with E-state index in [-0.39, 0.29) is 17.3 Å². The Kier molecular flexibility index (Phi) is 4.16. The molecule has 0 saturated carbocycles. The first-order valence-electron chi connectivity index (χ1n) is 7.65. The molecule has 0 aromatic heterocycles. The molecule has 0 N–H and O–H groups in total. The fourth-order valence-corrected chi connectivity index (χ4v) is 3.79. The molecule has 3 nitrogen and oxygen atoms in total. The lowest BCUT2D eigenvalue weighted by Gasteiger charge is -2.54. The minimum absolute atomic E-state index is 0.228. The Labute approximate surface area is 126 Å². The van der Waals surface area contributed by atoms with Crippen LogP contribution in [0.2, 0.25) is 0 Å². The van der Waals surface area contributed by atoms with Crippen molar-refractivity contribution in [3.63, 3.8) is 0 Å². The van der Waals surface area contributed by atoms with E-state index in [9.17, 15) is 0 Å². The SMILES string of the molecule is C=CC[C@@]12COC[C@@](Cc3ccccc3)(C[C@H](OC)C1)O2. The van der Waals surface area contributed by atoms with Crippen molar-refractivity contribution in [2.45, 2.75) is 43.0 Å².